The van der Waals surface area contributed by atoms with Crippen LogP contribution in [-0.4, -0.2) is 53.8 Å². The van der Waals surface area contributed by atoms with Gasteiger partial charge >= 0.3 is 0 Å². The fraction of sp³-hybridized carbons (Fsp3) is 0.308. The Morgan fingerprint density at radius 3 is 2.38 bits per heavy atom. The van der Waals surface area contributed by atoms with Gasteiger partial charge in [-0.3, -0.25) is 14.5 Å². The molecule has 2 heterocycles. The van der Waals surface area contributed by atoms with Gasteiger partial charge in [-0.15, -0.1) is 0 Å². The number of carbonyl (C=O) groups excluding carboxylic acids is 2. The Morgan fingerprint density at radius 2 is 1.69 bits per heavy atom. The minimum Gasteiger partial charge on any atom is -0.459 e. The number of furan rings is 1. The molecule has 0 spiro atoms. The van der Waals surface area contributed by atoms with Crippen LogP contribution in [0.4, 0.5) is 0 Å². The maximum absolute atomic E-state index is 13.4. The van der Waals surface area contributed by atoms with Crippen molar-refractivity contribution >= 4 is 11.8 Å². The molecule has 2 amide bonds. The van der Waals surface area contributed by atoms with E-state index >= 15 is 0 Å². The van der Waals surface area contributed by atoms with Crippen LogP contribution in [0.15, 0.2) is 77.4 Å². The zero-order valence-corrected chi connectivity index (χ0v) is 18.4. The summed E-state index contributed by atoms with van der Waals surface area (Å²) in [5.41, 5.74) is 3.55. The largest absolute Gasteiger partial charge is 0.459 e. The number of nitrogens with one attached hydrogen (secondary N) is 1. The lowest BCUT2D eigenvalue weighted by Gasteiger charge is -2.36. The number of amides is 2. The van der Waals surface area contributed by atoms with Gasteiger partial charge in [-0.25, -0.2) is 0 Å². The van der Waals surface area contributed by atoms with Crippen molar-refractivity contribution < 1.29 is 14.0 Å². The zero-order chi connectivity index (χ0) is 22.3. The van der Waals surface area contributed by atoms with Crippen LogP contribution in [0.3, 0.4) is 0 Å². The highest BCUT2D eigenvalue weighted by molar-refractivity contribution is 5.95. The van der Waals surface area contributed by atoms with Gasteiger partial charge in [-0.2, -0.15) is 0 Å². The Hall–Kier alpha value is -3.38. The van der Waals surface area contributed by atoms with E-state index in [0.29, 0.717) is 19.5 Å². The number of piperazine rings is 1. The normalized spacial score (nSPS) is 15.3. The maximum atomic E-state index is 13.4. The number of benzene rings is 2. The van der Waals surface area contributed by atoms with Crippen LogP contribution in [0.1, 0.15) is 27.2 Å². The molecule has 3 aromatic rings. The van der Waals surface area contributed by atoms with E-state index < -0.39 is 6.04 Å². The minimum absolute atomic E-state index is 0.0519. The topological polar surface area (TPSA) is 65.8 Å². The number of aryl methyl sites for hydroxylation is 1. The van der Waals surface area contributed by atoms with E-state index in [-0.39, 0.29) is 17.6 Å². The SMILES string of the molecule is Cc1cccc(CN2CCN(C(=O)C(Cc3ccccc3)NC(=O)c3ccco3)CC2)c1. The number of carbonyl (C=O) groups is 2. The molecule has 1 unspecified atom stereocenters. The van der Waals surface area contributed by atoms with E-state index in [0.717, 1.165) is 25.2 Å². The van der Waals surface area contributed by atoms with Crippen LogP contribution in [0.2, 0.25) is 0 Å². The van der Waals surface area contributed by atoms with Crippen LogP contribution < -0.4 is 5.32 Å². The van der Waals surface area contributed by atoms with Crippen molar-refractivity contribution in [3.05, 3.63) is 95.4 Å². The van der Waals surface area contributed by atoms with E-state index in [1.54, 1.807) is 12.1 Å². The molecule has 1 atom stereocenters. The predicted molar refractivity (Wildman–Crippen MR) is 123 cm³/mol. The number of rotatable bonds is 7. The minimum atomic E-state index is -0.640. The van der Waals surface area contributed by atoms with Gasteiger partial charge in [0.1, 0.15) is 6.04 Å². The summed E-state index contributed by atoms with van der Waals surface area (Å²) in [7, 11) is 0. The smallest absolute Gasteiger partial charge is 0.287 e. The van der Waals surface area contributed by atoms with Gasteiger partial charge in [-0.1, -0.05) is 60.2 Å². The number of nitrogens with zero attached hydrogens (tertiary/aromatic N) is 2. The molecular formula is C26H29N3O3. The van der Waals surface area contributed by atoms with Crippen molar-refractivity contribution in [1.29, 1.82) is 0 Å². The molecule has 0 aliphatic carbocycles. The van der Waals surface area contributed by atoms with Crippen LogP contribution in [0.5, 0.6) is 0 Å². The van der Waals surface area contributed by atoms with E-state index in [4.69, 9.17) is 4.42 Å². The van der Waals surface area contributed by atoms with Gasteiger partial charge in [0, 0.05) is 39.1 Å². The molecule has 1 N–H and O–H groups in total. The van der Waals surface area contributed by atoms with Crippen molar-refractivity contribution in [2.45, 2.75) is 25.9 Å². The monoisotopic (exact) mass is 431 g/mol. The standard InChI is InChI=1S/C26H29N3O3/c1-20-7-5-10-22(17-20)19-28-12-14-29(15-13-28)26(31)23(18-21-8-3-2-4-9-21)27-25(30)24-11-6-16-32-24/h2-11,16-17,23H,12-15,18-19H2,1H3,(H,27,30). The summed E-state index contributed by atoms with van der Waals surface area (Å²) in [5.74, 6) is -0.217. The summed E-state index contributed by atoms with van der Waals surface area (Å²) in [5, 5.41) is 2.88. The van der Waals surface area contributed by atoms with E-state index in [1.807, 2.05) is 35.2 Å². The molecular weight excluding hydrogens is 402 g/mol. The molecule has 6 heteroatoms. The van der Waals surface area contributed by atoms with Crippen molar-refractivity contribution in [2.75, 3.05) is 26.2 Å². The third kappa shape index (κ3) is 5.65. The second-order valence-electron chi connectivity index (χ2n) is 8.28. The molecule has 4 rings (SSSR count). The molecule has 32 heavy (non-hydrogen) atoms. The van der Waals surface area contributed by atoms with Crippen molar-refractivity contribution in [3.63, 3.8) is 0 Å². The highest BCUT2D eigenvalue weighted by Crippen LogP contribution is 2.13. The average Bonchev–Trinajstić information content (AvgIpc) is 3.35. The first-order valence-corrected chi connectivity index (χ1v) is 11.0. The van der Waals surface area contributed by atoms with Gasteiger partial charge in [0.2, 0.25) is 5.91 Å². The summed E-state index contributed by atoms with van der Waals surface area (Å²) in [6.07, 6.45) is 1.89. The van der Waals surface area contributed by atoms with Gasteiger partial charge in [0.25, 0.3) is 5.91 Å². The molecule has 1 aliphatic heterocycles. The van der Waals surface area contributed by atoms with E-state index in [2.05, 4.69) is 41.4 Å². The van der Waals surface area contributed by atoms with Crippen molar-refractivity contribution in [3.8, 4) is 0 Å². The van der Waals surface area contributed by atoms with Crippen LogP contribution in [-0.2, 0) is 17.8 Å². The molecule has 1 aliphatic rings. The molecule has 0 radical (unpaired) electrons. The first-order chi connectivity index (χ1) is 15.6. The third-order valence-electron chi connectivity index (χ3n) is 5.80. The van der Waals surface area contributed by atoms with Gasteiger partial charge < -0.3 is 14.6 Å². The van der Waals surface area contributed by atoms with Crippen LogP contribution in [0.25, 0.3) is 0 Å². The summed E-state index contributed by atoms with van der Waals surface area (Å²) < 4.78 is 5.21. The Bertz CT molecular complexity index is 1030. The lowest BCUT2D eigenvalue weighted by Crippen LogP contribution is -2.55. The van der Waals surface area contributed by atoms with E-state index in [1.165, 1.54) is 17.4 Å². The maximum Gasteiger partial charge on any atom is 0.287 e. The molecule has 6 nitrogen and oxygen atoms in total. The molecule has 2 aromatic carbocycles. The average molecular weight is 432 g/mol. The summed E-state index contributed by atoms with van der Waals surface area (Å²) in [6, 6.07) is 20.9. The Kier molecular flexibility index (Phi) is 7.02. The number of hydrogen-bond acceptors (Lipinski definition) is 4. The highest BCUT2D eigenvalue weighted by Gasteiger charge is 2.29. The predicted octanol–water partition coefficient (Wildman–Crippen LogP) is 3.27. The van der Waals surface area contributed by atoms with Gasteiger partial charge in [-0.05, 0) is 30.2 Å². The van der Waals surface area contributed by atoms with E-state index in [9.17, 15) is 9.59 Å². The fourth-order valence-electron chi connectivity index (χ4n) is 4.10. The second kappa shape index (κ2) is 10.3. The summed E-state index contributed by atoms with van der Waals surface area (Å²) in [4.78, 5) is 30.2. The third-order valence-corrected chi connectivity index (χ3v) is 5.80. The first kappa shape index (κ1) is 21.8. The molecule has 0 bridgehead atoms. The molecule has 166 valence electrons. The van der Waals surface area contributed by atoms with Crippen molar-refractivity contribution in [1.82, 2.24) is 15.1 Å². The van der Waals surface area contributed by atoms with Gasteiger partial charge in [0.05, 0.1) is 6.26 Å². The van der Waals surface area contributed by atoms with Crippen molar-refractivity contribution in [2.24, 2.45) is 0 Å². The molecule has 1 fully saturated rings. The number of hydrogen-bond donors (Lipinski definition) is 1. The molecule has 1 saturated heterocycles. The summed E-state index contributed by atoms with van der Waals surface area (Å²) in [6.45, 7) is 5.89. The van der Waals surface area contributed by atoms with Gasteiger partial charge in [0.15, 0.2) is 5.76 Å². The highest BCUT2D eigenvalue weighted by atomic mass is 16.3. The Labute approximate surface area is 188 Å². The van der Waals surface area contributed by atoms with Crippen LogP contribution >= 0.6 is 0 Å². The lowest BCUT2D eigenvalue weighted by molar-refractivity contribution is -0.135. The molecule has 1 aromatic heterocycles. The first-order valence-electron chi connectivity index (χ1n) is 11.0. The quantitative estimate of drug-likeness (QED) is 0.624. The lowest BCUT2D eigenvalue weighted by atomic mass is 10.0. The second-order valence-corrected chi connectivity index (χ2v) is 8.28. The molecule has 0 saturated carbocycles. The fourth-order valence-corrected chi connectivity index (χ4v) is 4.10. The Morgan fingerprint density at radius 1 is 0.938 bits per heavy atom. The van der Waals surface area contributed by atoms with Crippen LogP contribution in [0, 0.1) is 6.92 Å². The summed E-state index contributed by atoms with van der Waals surface area (Å²) >= 11 is 0. The zero-order valence-electron chi connectivity index (χ0n) is 18.4. The Balaban J connectivity index is 1.39.